The summed E-state index contributed by atoms with van der Waals surface area (Å²) in [7, 11) is 1.82. The van der Waals surface area contributed by atoms with Gasteiger partial charge in [0, 0.05) is 24.7 Å². The van der Waals surface area contributed by atoms with Gasteiger partial charge in [-0.1, -0.05) is 11.6 Å². The van der Waals surface area contributed by atoms with Gasteiger partial charge >= 0.3 is 0 Å². The summed E-state index contributed by atoms with van der Waals surface area (Å²) in [5, 5.41) is 15.6. The molecule has 124 valence electrons. The molecule has 1 aliphatic rings. The Morgan fingerprint density at radius 3 is 2.88 bits per heavy atom. The van der Waals surface area contributed by atoms with Gasteiger partial charge in [-0.2, -0.15) is 20.5 Å². The van der Waals surface area contributed by atoms with Crippen LogP contribution < -0.4 is 0 Å². The van der Waals surface area contributed by atoms with E-state index >= 15 is 0 Å². The molecular formula is C16H17ClN6O. The molecule has 2 aromatic heterocycles. The van der Waals surface area contributed by atoms with E-state index in [-0.39, 0.29) is 11.9 Å². The van der Waals surface area contributed by atoms with Gasteiger partial charge in [0.2, 0.25) is 0 Å². The van der Waals surface area contributed by atoms with Gasteiger partial charge in [0.1, 0.15) is 16.2 Å². The zero-order chi connectivity index (χ0) is 16.8. The normalized spacial score (nSPS) is 17.8. The minimum atomic E-state index is -0.0355. The van der Waals surface area contributed by atoms with Crippen molar-refractivity contribution in [2.24, 2.45) is 7.05 Å². The lowest BCUT2D eigenvalue weighted by Crippen LogP contribution is -2.30. The van der Waals surface area contributed by atoms with E-state index in [2.05, 4.69) is 20.5 Å². The highest BCUT2D eigenvalue weighted by molar-refractivity contribution is 6.30. The van der Waals surface area contributed by atoms with Crippen LogP contribution in [0.1, 0.15) is 40.5 Å². The smallest absolute Gasteiger partial charge is 0.254 e. The number of hydrogen-bond donors (Lipinski definition) is 1. The molecule has 3 heterocycles. The minimum absolute atomic E-state index is 0.0123. The Hall–Kier alpha value is -2.41. The van der Waals surface area contributed by atoms with E-state index in [9.17, 15) is 4.79 Å². The fourth-order valence-electron chi connectivity index (χ4n) is 3.47. The van der Waals surface area contributed by atoms with Crippen molar-refractivity contribution >= 4 is 28.5 Å². The number of halogens is 1. The number of nitrogens with zero attached hydrogens (tertiary/aromatic N) is 5. The predicted octanol–water partition coefficient (Wildman–Crippen LogP) is 2.63. The third kappa shape index (κ3) is 2.27. The number of likely N-dealkylation sites (tertiary alicyclic amines) is 1. The number of aryl methyl sites for hydroxylation is 2. The molecule has 3 aromatic rings. The highest BCUT2D eigenvalue weighted by Gasteiger charge is 2.34. The van der Waals surface area contributed by atoms with Crippen molar-refractivity contribution in [1.82, 2.24) is 30.1 Å². The Morgan fingerprint density at radius 2 is 2.12 bits per heavy atom. The van der Waals surface area contributed by atoms with E-state index in [1.54, 1.807) is 22.9 Å². The Balaban J connectivity index is 1.70. The summed E-state index contributed by atoms with van der Waals surface area (Å²) in [6.45, 7) is 2.65. The first-order valence-electron chi connectivity index (χ1n) is 7.86. The van der Waals surface area contributed by atoms with Crippen molar-refractivity contribution in [3.8, 4) is 0 Å². The van der Waals surface area contributed by atoms with Crippen LogP contribution in [-0.2, 0) is 7.05 Å². The van der Waals surface area contributed by atoms with Gasteiger partial charge in [-0.25, -0.2) is 0 Å². The molecule has 8 heteroatoms. The van der Waals surface area contributed by atoms with Crippen molar-refractivity contribution < 1.29 is 4.79 Å². The van der Waals surface area contributed by atoms with Crippen LogP contribution in [0.3, 0.4) is 0 Å². The van der Waals surface area contributed by atoms with Crippen molar-refractivity contribution in [2.75, 3.05) is 6.54 Å². The van der Waals surface area contributed by atoms with Crippen LogP contribution in [0.4, 0.5) is 0 Å². The number of aromatic amines is 1. The van der Waals surface area contributed by atoms with Crippen LogP contribution in [0.25, 0.3) is 11.0 Å². The summed E-state index contributed by atoms with van der Waals surface area (Å²) in [4.78, 5) is 14.9. The molecule has 0 saturated carbocycles. The number of carbonyl (C=O) groups excluding carboxylic acids is 1. The highest BCUT2D eigenvalue weighted by Crippen LogP contribution is 2.38. The molecule has 1 aliphatic heterocycles. The first-order valence-corrected chi connectivity index (χ1v) is 8.24. The average Bonchev–Trinajstić information content (AvgIpc) is 3.26. The molecule has 0 radical (unpaired) electrons. The topological polar surface area (TPSA) is 79.7 Å². The van der Waals surface area contributed by atoms with Crippen LogP contribution in [0.5, 0.6) is 0 Å². The number of H-pyrrole nitrogens is 1. The fraction of sp³-hybridized carbons (Fsp3) is 0.375. The van der Waals surface area contributed by atoms with Gasteiger partial charge in [-0.05, 0) is 38.0 Å². The monoisotopic (exact) mass is 344 g/mol. The van der Waals surface area contributed by atoms with E-state index in [0.717, 1.165) is 29.6 Å². The molecule has 1 N–H and O–H groups in total. The molecular weight excluding hydrogens is 328 g/mol. The summed E-state index contributed by atoms with van der Waals surface area (Å²) in [6, 6.07) is 5.33. The molecule has 24 heavy (non-hydrogen) atoms. The van der Waals surface area contributed by atoms with E-state index in [1.807, 2.05) is 18.9 Å². The second kappa shape index (κ2) is 5.59. The predicted molar refractivity (Wildman–Crippen MR) is 89.9 cm³/mol. The first-order chi connectivity index (χ1) is 11.6. The number of fused-ring (bicyclic) bond motifs is 1. The van der Waals surface area contributed by atoms with Crippen molar-refractivity contribution in [3.05, 3.63) is 40.2 Å². The van der Waals surface area contributed by atoms with Gasteiger partial charge in [0.05, 0.1) is 11.7 Å². The molecule has 1 amide bonds. The van der Waals surface area contributed by atoms with Gasteiger partial charge < -0.3 is 4.90 Å². The van der Waals surface area contributed by atoms with Crippen LogP contribution in [0.2, 0.25) is 5.15 Å². The Labute approximate surface area is 143 Å². The number of aromatic nitrogens is 5. The van der Waals surface area contributed by atoms with Crippen molar-refractivity contribution in [2.45, 2.75) is 25.8 Å². The largest absolute Gasteiger partial charge is 0.331 e. The average molecular weight is 345 g/mol. The molecule has 4 rings (SSSR count). The maximum absolute atomic E-state index is 13.0. The fourth-order valence-corrected chi connectivity index (χ4v) is 3.77. The molecule has 1 aromatic carbocycles. The van der Waals surface area contributed by atoms with Crippen LogP contribution in [-0.4, -0.2) is 42.5 Å². The van der Waals surface area contributed by atoms with Crippen molar-refractivity contribution in [3.63, 3.8) is 0 Å². The summed E-state index contributed by atoms with van der Waals surface area (Å²) in [5.74, 6) is -0.0123. The summed E-state index contributed by atoms with van der Waals surface area (Å²) >= 11 is 6.41. The summed E-state index contributed by atoms with van der Waals surface area (Å²) in [6.07, 6.45) is 1.84. The second-order valence-corrected chi connectivity index (χ2v) is 6.46. The zero-order valence-electron chi connectivity index (χ0n) is 13.5. The highest BCUT2D eigenvalue weighted by atomic mass is 35.5. The van der Waals surface area contributed by atoms with E-state index in [1.165, 1.54) is 0 Å². The van der Waals surface area contributed by atoms with Gasteiger partial charge in [0.25, 0.3) is 5.91 Å². The second-order valence-electron chi connectivity index (χ2n) is 6.10. The third-order valence-corrected chi connectivity index (χ3v) is 5.05. The maximum atomic E-state index is 13.0. The van der Waals surface area contributed by atoms with Crippen LogP contribution >= 0.6 is 11.6 Å². The maximum Gasteiger partial charge on any atom is 0.254 e. The molecule has 1 fully saturated rings. The summed E-state index contributed by atoms with van der Waals surface area (Å²) < 4.78 is 1.66. The van der Waals surface area contributed by atoms with Crippen LogP contribution in [0.15, 0.2) is 18.2 Å². The van der Waals surface area contributed by atoms with Gasteiger partial charge in [-0.3, -0.25) is 9.48 Å². The Morgan fingerprint density at radius 1 is 1.33 bits per heavy atom. The molecule has 0 unspecified atom stereocenters. The number of hydrogen-bond acceptors (Lipinski definition) is 4. The lowest BCUT2D eigenvalue weighted by Gasteiger charge is -2.25. The lowest BCUT2D eigenvalue weighted by atomic mass is 10.0. The molecule has 0 bridgehead atoms. The number of benzene rings is 1. The zero-order valence-corrected chi connectivity index (χ0v) is 14.2. The minimum Gasteiger partial charge on any atom is -0.331 e. The Bertz CT molecular complexity index is 930. The number of amides is 1. The first kappa shape index (κ1) is 15.1. The lowest BCUT2D eigenvalue weighted by molar-refractivity contribution is 0.0735. The Kier molecular flexibility index (Phi) is 3.53. The quantitative estimate of drug-likeness (QED) is 0.775. The molecule has 0 aliphatic carbocycles. The van der Waals surface area contributed by atoms with Crippen molar-refractivity contribution in [1.29, 1.82) is 0 Å². The standard InChI is InChI=1S/C16H17ClN6O/c1-9-14(15(17)22(2)20-9)13-4-3-7-23(13)16(24)10-5-6-11-12(8-10)19-21-18-11/h5-6,8,13H,3-4,7H2,1-2H3,(H,18,19,21)/t13-/m1/s1. The van der Waals surface area contributed by atoms with E-state index < -0.39 is 0 Å². The third-order valence-electron chi connectivity index (χ3n) is 4.61. The van der Waals surface area contributed by atoms with Crippen LogP contribution in [0, 0.1) is 6.92 Å². The number of rotatable bonds is 2. The SMILES string of the molecule is Cc1nn(C)c(Cl)c1[C@H]1CCCN1C(=O)c1ccc2n[nH]nc2c1. The number of carbonyl (C=O) groups is 1. The van der Waals surface area contributed by atoms with Gasteiger partial charge in [0.15, 0.2) is 0 Å². The molecule has 1 atom stereocenters. The molecule has 1 saturated heterocycles. The van der Waals surface area contributed by atoms with E-state index in [0.29, 0.717) is 22.8 Å². The number of nitrogens with one attached hydrogen (secondary N) is 1. The van der Waals surface area contributed by atoms with E-state index in [4.69, 9.17) is 11.6 Å². The summed E-state index contributed by atoms with van der Waals surface area (Å²) in [5.41, 5.74) is 3.87. The molecule has 7 nitrogen and oxygen atoms in total. The molecule has 0 spiro atoms. The van der Waals surface area contributed by atoms with Gasteiger partial charge in [-0.15, -0.1) is 0 Å².